The SMILES string of the molecule is Cc1onc(-c2c(F)cccc2Cl)c1C(=O)NNC(=O)c1cc(Cl)ccc1O. The van der Waals surface area contributed by atoms with Crippen LogP contribution in [-0.4, -0.2) is 22.1 Å². The molecule has 0 aliphatic carbocycles. The number of hydrogen-bond acceptors (Lipinski definition) is 5. The van der Waals surface area contributed by atoms with Gasteiger partial charge in [0, 0.05) is 5.02 Å². The summed E-state index contributed by atoms with van der Waals surface area (Å²) in [5, 5.41) is 13.7. The van der Waals surface area contributed by atoms with Crippen LogP contribution in [0.5, 0.6) is 5.75 Å². The second-order valence-corrected chi connectivity index (χ2v) is 6.47. The van der Waals surface area contributed by atoms with Crippen molar-refractivity contribution < 1.29 is 23.6 Å². The van der Waals surface area contributed by atoms with Crippen molar-refractivity contribution in [3.8, 4) is 17.0 Å². The van der Waals surface area contributed by atoms with Gasteiger partial charge in [-0.25, -0.2) is 4.39 Å². The lowest BCUT2D eigenvalue weighted by molar-refractivity contribution is 0.0844. The number of phenols is 1. The topological polar surface area (TPSA) is 104 Å². The van der Waals surface area contributed by atoms with Gasteiger partial charge < -0.3 is 9.63 Å². The first-order chi connectivity index (χ1) is 13.3. The fraction of sp³-hybridized carbons (Fsp3) is 0.0556. The van der Waals surface area contributed by atoms with Crippen LogP contribution in [0.15, 0.2) is 40.9 Å². The van der Waals surface area contributed by atoms with E-state index in [4.69, 9.17) is 27.7 Å². The standard InChI is InChI=1S/C18H12Cl2FN3O4/c1-8-14(16(24-28-8)15-11(20)3-2-4-12(15)21)18(27)23-22-17(26)10-7-9(19)5-6-13(10)25/h2-7,25H,1H3,(H,22,26)(H,23,27). The van der Waals surface area contributed by atoms with E-state index in [9.17, 15) is 19.1 Å². The van der Waals surface area contributed by atoms with Gasteiger partial charge in [0.1, 0.15) is 28.6 Å². The molecule has 3 rings (SSSR count). The lowest BCUT2D eigenvalue weighted by Crippen LogP contribution is -2.42. The molecule has 0 spiro atoms. The van der Waals surface area contributed by atoms with Gasteiger partial charge in [0.25, 0.3) is 11.8 Å². The van der Waals surface area contributed by atoms with Crippen molar-refractivity contribution in [2.75, 3.05) is 0 Å². The van der Waals surface area contributed by atoms with Gasteiger partial charge in [-0.3, -0.25) is 20.4 Å². The quantitative estimate of drug-likeness (QED) is 0.554. The third-order valence-corrected chi connectivity index (χ3v) is 4.33. The number of halogens is 3. The molecule has 0 radical (unpaired) electrons. The Morgan fingerprint density at radius 2 is 1.86 bits per heavy atom. The van der Waals surface area contributed by atoms with Crippen molar-refractivity contribution in [3.05, 3.63) is 69.1 Å². The Balaban J connectivity index is 1.85. The lowest BCUT2D eigenvalue weighted by atomic mass is 10.1. The number of nitrogens with one attached hydrogen (secondary N) is 2. The molecule has 0 saturated carbocycles. The summed E-state index contributed by atoms with van der Waals surface area (Å²) in [5.41, 5.74) is 3.82. The molecule has 0 atom stereocenters. The van der Waals surface area contributed by atoms with Crippen LogP contribution >= 0.6 is 23.2 Å². The molecule has 1 aromatic heterocycles. The van der Waals surface area contributed by atoms with Gasteiger partial charge in [0.2, 0.25) is 0 Å². The summed E-state index contributed by atoms with van der Waals surface area (Å²) in [6.45, 7) is 1.45. The first-order valence-electron chi connectivity index (χ1n) is 7.79. The summed E-state index contributed by atoms with van der Waals surface area (Å²) in [4.78, 5) is 24.7. The number of nitrogens with zero attached hydrogens (tertiary/aromatic N) is 1. The van der Waals surface area contributed by atoms with Crippen molar-refractivity contribution in [2.24, 2.45) is 0 Å². The summed E-state index contributed by atoms with van der Waals surface area (Å²) in [6, 6.07) is 7.88. The maximum atomic E-state index is 14.2. The molecule has 144 valence electrons. The summed E-state index contributed by atoms with van der Waals surface area (Å²) in [5.74, 6) is -2.55. The summed E-state index contributed by atoms with van der Waals surface area (Å²) in [6.07, 6.45) is 0. The van der Waals surface area contributed by atoms with E-state index in [1.54, 1.807) is 0 Å². The number of aromatic hydroxyl groups is 1. The molecule has 10 heteroatoms. The van der Waals surface area contributed by atoms with E-state index in [0.29, 0.717) is 0 Å². The fourth-order valence-corrected chi connectivity index (χ4v) is 2.89. The van der Waals surface area contributed by atoms with Crippen molar-refractivity contribution >= 4 is 35.0 Å². The smallest absolute Gasteiger partial charge is 0.275 e. The summed E-state index contributed by atoms with van der Waals surface area (Å²) in [7, 11) is 0. The van der Waals surface area contributed by atoms with E-state index in [1.807, 2.05) is 0 Å². The van der Waals surface area contributed by atoms with E-state index in [2.05, 4.69) is 16.0 Å². The minimum Gasteiger partial charge on any atom is -0.507 e. The predicted molar refractivity (Wildman–Crippen MR) is 99.7 cm³/mol. The van der Waals surface area contributed by atoms with Crippen LogP contribution in [0.2, 0.25) is 10.0 Å². The third-order valence-electron chi connectivity index (χ3n) is 3.78. The van der Waals surface area contributed by atoms with Gasteiger partial charge in [0.15, 0.2) is 0 Å². The molecule has 0 fully saturated rings. The molecule has 0 unspecified atom stereocenters. The molecule has 3 N–H and O–H groups in total. The van der Waals surface area contributed by atoms with Crippen LogP contribution in [0.3, 0.4) is 0 Å². The predicted octanol–water partition coefficient (Wildman–Crippen LogP) is 3.88. The Morgan fingerprint density at radius 1 is 1.14 bits per heavy atom. The normalized spacial score (nSPS) is 10.6. The monoisotopic (exact) mass is 423 g/mol. The van der Waals surface area contributed by atoms with E-state index < -0.39 is 17.6 Å². The molecular formula is C18H12Cl2FN3O4. The van der Waals surface area contributed by atoms with Gasteiger partial charge in [-0.15, -0.1) is 0 Å². The first kappa shape index (κ1) is 19.7. The molecule has 0 aliphatic rings. The molecule has 28 heavy (non-hydrogen) atoms. The Bertz CT molecular complexity index is 1060. The average Bonchev–Trinajstić information content (AvgIpc) is 3.02. The molecule has 2 amide bonds. The molecule has 3 aromatic rings. The van der Waals surface area contributed by atoms with Gasteiger partial charge in [0.05, 0.1) is 16.1 Å². The van der Waals surface area contributed by atoms with Gasteiger partial charge >= 0.3 is 0 Å². The van der Waals surface area contributed by atoms with Gasteiger partial charge in [-0.1, -0.05) is 34.4 Å². The second-order valence-electron chi connectivity index (χ2n) is 5.63. The van der Waals surface area contributed by atoms with Crippen LogP contribution in [0.25, 0.3) is 11.3 Å². The number of hydrogen-bond donors (Lipinski definition) is 3. The summed E-state index contributed by atoms with van der Waals surface area (Å²) >= 11 is 11.8. The Hall–Kier alpha value is -3.10. The maximum absolute atomic E-state index is 14.2. The van der Waals surface area contributed by atoms with Crippen molar-refractivity contribution in [1.29, 1.82) is 0 Å². The van der Waals surface area contributed by atoms with E-state index >= 15 is 0 Å². The average molecular weight is 424 g/mol. The largest absolute Gasteiger partial charge is 0.507 e. The Labute approximate surface area is 168 Å². The number of carbonyl (C=O) groups excluding carboxylic acids is 2. The number of carbonyl (C=O) groups is 2. The number of phenolic OH excluding ortho intramolecular Hbond substituents is 1. The lowest BCUT2D eigenvalue weighted by Gasteiger charge is -2.10. The minimum absolute atomic E-state index is 0.0373. The third kappa shape index (κ3) is 3.78. The van der Waals surface area contributed by atoms with Crippen LogP contribution in [0, 0.1) is 12.7 Å². The molecule has 0 bridgehead atoms. The highest BCUT2D eigenvalue weighted by Gasteiger charge is 2.26. The highest BCUT2D eigenvalue weighted by atomic mass is 35.5. The van der Waals surface area contributed by atoms with Crippen LogP contribution in [0.4, 0.5) is 4.39 Å². The zero-order chi connectivity index (χ0) is 20.4. The zero-order valence-electron chi connectivity index (χ0n) is 14.2. The maximum Gasteiger partial charge on any atom is 0.275 e. The van der Waals surface area contributed by atoms with E-state index in [1.165, 1.54) is 37.3 Å². The first-order valence-corrected chi connectivity index (χ1v) is 8.55. The number of hydrazine groups is 1. The number of rotatable bonds is 3. The van der Waals surface area contributed by atoms with Crippen LogP contribution in [0.1, 0.15) is 26.5 Å². The number of aromatic nitrogens is 1. The van der Waals surface area contributed by atoms with Gasteiger partial charge in [-0.2, -0.15) is 0 Å². The zero-order valence-corrected chi connectivity index (χ0v) is 15.7. The highest BCUT2D eigenvalue weighted by molar-refractivity contribution is 6.33. The Morgan fingerprint density at radius 3 is 2.57 bits per heavy atom. The van der Waals surface area contributed by atoms with Gasteiger partial charge in [-0.05, 0) is 37.3 Å². The van der Waals surface area contributed by atoms with Crippen molar-refractivity contribution in [3.63, 3.8) is 0 Å². The highest BCUT2D eigenvalue weighted by Crippen LogP contribution is 2.33. The van der Waals surface area contributed by atoms with E-state index in [0.717, 1.165) is 6.07 Å². The summed E-state index contributed by atoms with van der Waals surface area (Å²) < 4.78 is 19.2. The molecule has 0 saturated heterocycles. The molecule has 7 nitrogen and oxygen atoms in total. The van der Waals surface area contributed by atoms with Crippen LogP contribution < -0.4 is 10.9 Å². The van der Waals surface area contributed by atoms with Crippen molar-refractivity contribution in [1.82, 2.24) is 16.0 Å². The number of amides is 2. The minimum atomic E-state index is -0.817. The molecule has 0 aliphatic heterocycles. The Kier molecular flexibility index (Phi) is 5.53. The number of aryl methyl sites for hydroxylation is 1. The second kappa shape index (κ2) is 7.87. The molecule has 2 aromatic carbocycles. The van der Waals surface area contributed by atoms with Crippen LogP contribution in [-0.2, 0) is 0 Å². The molecular weight excluding hydrogens is 412 g/mol. The van der Waals surface area contributed by atoms with Crippen molar-refractivity contribution in [2.45, 2.75) is 6.92 Å². The fourth-order valence-electron chi connectivity index (χ4n) is 2.47. The van der Waals surface area contributed by atoms with E-state index in [-0.39, 0.29) is 43.9 Å². The number of benzene rings is 2. The molecule has 1 heterocycles.